The fraction of sp³-hybridized carbons (Fsp3) is 0.350. The molecule has 0 radical (unpaired) electrons. The van der Waals surface area contributed by atoms with Gasteiger partial charge in [-0.3, -0.25) is 4.90 Å². The molecule has 0 amide bonds. The maximum Gasteiger partial charge on any atom is 0.227 e. The lowest BCUT2D eigenvalue weighted by Gasteiger charge is -2.34. The van der Waals surface area contributed by atoms with Crippen molar-refractivity contribution in [2.75, 3.05) is 32.7 Å². The lowest BCUT2D eigenvalue weighted by molar-refractivity contribution is 0.132. The Morgan fingerprint density at radius 1 is 1.04 bits per heavy atom. The zero-order valence-corrected chi connectivity index (χ0v) is 16.6. The van der Waals surface area contributed by atoms with E-state index in [0.29, 0.717) is 5.89 Å². The molecule has 2 heterocycles. The van der Waals surface area contributed by atoms with Gasteiger partial charge in [0.25, 0.3) is 0 Å². The molecule has 3 aromatic rings. The third kappa shape index (κ3) is 3.88. The Balaban J connectivity index is 1.52. The molecule has 1 aliphatic rings. The molecule has 2 aromatic carbocycles. The molecule has 130 valence electrons. The number of hydrogen-bond donors (Lipinski definition) is 0. The van der Waals surface area contributed by atoms with E-state index in [1.54, 1.807) is 0 Å². The SMILES string of the molecule is CCN1CCN(Cc2ccc3oc(-c4cccc(I)c4)nc3c2)CC1. The Bertz CT molecular complexity index is 868. The molecule has 5 heteroatoms. The third-order valence-electron chi connectivity index (χ3n) is 4.84. The highest BCUT2D eigenvalue weighted by Crippen LogP contribution is 2.26. The van der Waals surface area contributed by atoms with Crippen molar-refractivity contribution < 1.29 is 4.42 Å². The molecule has 0 atom stereocenters. The van der Waals surface area contributed by atoms with Crippen LogP contribution in [0.25, 0.3) is 22.6 Å². The summed E-state index contributed by atoms with van der Waals surface area (Å²) in [6.45, 7) is 8.98. The zero-order valence-electron chi connectivity index (χ0n) is 14.4. The molecule has 25 heavy (non-hydrogen) atoms. The number of nitrogens with zero attached hydrogens (tertiary/aromatic N) is 3. The molecule has 4 rings (SSSR count). The molecule has 0 spiro atoms. The smallest absolute Gasteiger partial charge is 0.227 e. The number of benzene rings is 2. The van der Waals surface area contributed by atoms with Gasteiger partial charge >= 0.3 is 0 Å². The number of hydrogen-bond acceptors (Lipinski definition) is 4. The lowest BCUT2D eigenvalue weighted by atomic mass is 10.2. The number of fused-ring (bicyclic) bond motifs is 1. The van der Waals surface area contributed by atoms with Gasteiger partial charge in [-0.05, 0) is 65.0 Å². The Hall–Kier alpha value is -1.44. The van der Waals surface area contributed by atoms with Gasteiger partial charge in [-0.25, -0.2) is 4.98 Å². The molecule has 0 N–H and O–H groups in total. The molecule has 4 nitrogen and oxygen atoms in total. The summed E-state index contributed by atoms with van der Waals surface area (Å²) in [6.07, 6.45) is 0. The Kier molecular flexibility index (Phi) is 5.05. The van der Waals surface area contributed by atoms with Gasteiger partial charge < -0.3 is 9.32 Å². The first kappa shape index (κ1) is 17.0. The van der Waals surface area contributed by atoms with E-state index in [4.69, 9.17) is 9.40 Å². The van der Waals surface area contributed by atoms with Gasteiger partial charge in [-0.15, -0.1) is 0 Å². The number of rotatable bonds is 4. The number of likely N-dealkylation sites (N-methyl/N-ethyl adjacent to an activating group) is 1. The first-order valence-corrected chi connectivity index (χ1v) is 9.89. The molecule has 0 aliphatic carbocycles. The minimum atomic E-state index is 0.697. The van der Waals surface area contributed by atoms with Crippen LogP contribution < -0.4 is 0 Å². The van der Waals surface area contributed by atoms with E-state index in [0.717, 1.165) is 42.8 Å². The number of halogens is 1. The van der Waals surface area contributed by atoms with Crippen LogP contribution in [0.15, 0.2) is 46.9 Å². The molecule has 0 unspecified atom stereocenters. The highest BCUT2D eigenvalue weighted by molar-refractivity contribution is 14.1. The van der Waals surface area contributed by atoms with Crippen LogP contribution in [0.3, 0.4) is 0 Å². The summed E-state index contributed by atoms with van der Waals surface area (Å²) in [6, 6.07) is 14.6. The average Bonchev–Trinajstić information content (AvgIpc) is 3.06. The maximum atomic E-state index is 5.95. The van der Waals surface area contributed by atoms with Crippen molar-refractivity contribution in [2.24, 2.45) is 0 Å². The van der Waals surface area contributed by atoms with Gasteiger partial charge in [-0.1, -0.05) is 19.1 Å². The van der Waals surface area contributed by atoms with E-state index in [2.05, 4.69) is 69.6 Å². The predicted octanol–water partition coefficient (Wildman–Crippen LogP) is 4.24. The number of aromatic nitrogens is 1. The van der Waals surface area contributed by atoms with E-state index in [9.17, 15) is 0 Å². The topological polar surface area (TPSA) is 32.5 Å². The molecular formula is C20H22IN3O. The van der Waals surface area contributed by atoms with Gasteiger partial charge in [0.05, 0.1) is 0 Å². The van der Waals surface area contributed by atoms with Crippen molar-refractivity contribution in [3.63, 3.8) is 0 Å². The molecule has 0 bridgehead atoms. The van der Waals surface area contributed by atoms with Crippen LogP contribution in [0.1, 0.15) is 12.5 Å². The Morgan fingerprint density at radius 3 is 2.60 bits per heavy atom. The molecule has 0 saturated carbocycles. The minimum absolute atomic E-state index is 0.697. The van der Waals surface area contributed by atoms with Crippen molar-refractivity contribution in [1.82, 2.24) is 14.8 Å². The lowest BCUT2D eigenvalue weighted by Crippen LogP contribution is -2.45. The van der Waals surface area contributed by atoms with Crippen molar-refractivity contribution in [1.29, 1.82) is 0 Å². The quantitative estimate of drug-likeness (QED) is 0.561. The van der Waals surface area contributed by atoms with Gasteiger partial charge in [0, 0.05) is 41.9 Å². The largest absolute Gasteiger partial charge is 0.436 e. The second kappa shape index (κ2) is 7.43. The fourth-order valence-corrected chi connectivity index (χ4v) is 3.88. The standard InChI is InChI=1S/C20H22IN3O/c1-2-23-8-10-24(11-9-23)14-15-6-7-19-18(12-15)22-20(25-19)16-4-3-5-17(21)13-16/h3-7,12-13H,2,8-11,14H2,1H3. The summed E-state index contributed by atoms with van der Waals surface area (Å²) in [5.74, 6) is 0.697. The van der Waals surface area contributed by atoms with E-state index in [1.807, 2.05) is 12.1 Å². The van der Waals surface area contributed by atoms with E-state index < -0.39 is 0 Å². The predicted molar refractivity (Wildman–Crippen MR) is 110 cm³/mol. The van der Waals surface area contributed by atoms with Gasteiger partial charge in [-0.2, -0.15) is 0 Å². The summed E-state index contributed by atoms with van der Waals surface area (Å²) in [4.78, 5) is 9.73. The second-order valence-corrected chi connectivity index (χ2v) is 7.79. The molecule has 1 fully saturated rings. The van der Waals surface area contributed by atoms with Crippen LogP contribution in [-0.2, 0) is 6.54 Å². The maximum absolute atomic E-state index is 5.95. The monoisotopic (exact) mass is 447 g/mol. The first-order chi connectivity index (χ1) is 12.2. The summed E-state index contributed by atoms with van der Waals surface area (Å²) < 4.78 is 7.13. The van der Waals surface area contributed by atoms with Crippen LogP contribution in [0, 0.1) is 3.57 Å². The normalized spacial score (nSPS) is 16.6. The minimum Gasteiger partial charge on any atom is -0.436 e. The van der Waals surface area contributed by atoms with Gasteiger partial charge in [0.15, 0.2) is 5.58 Å². The van der Waals surface area contributed by atoms with Crippen LogP contribution >= 0.6 is 22.6 Å². The third-order valence-corrected chi connectivity index (χ3v) is 5.51. The highest BCUT2D eigenvalue weighted by atomic mass is 127. The van der Waals surface area contributed by atoms with Gasteiger partial charge in [0.2, 0.25) is 5.89 Å². The van der Waals surface area contributed by atoms with E-state index in [-0.39, 0.29) is 0 Å². The van der Waals surface area contributed by atoms with E-state index >= 15 is 0 Å². The summed E-state index contributed by atoms with van der Waals surface area (Å²) in [7, 11) is 0. The molecular weight excluding hydrogens is 425 g/mol. The van der Waals surface area contributed by atoms with Crippen molar-refractivity contribution in [3.8, 4) is 11.5 Å². The number of oxazole rings is 1. The van der Waals surface area contributed by atoms with Crippen LogP contribution in [-0.4, -0.2) is 47.5 Å². The first-order valence-electron chi connectivity index (χ1n) is 8.81. The van der Waals surface area contributed by atoms with Crippen molar-refractivity contribution >= 4 is 33.7 Å². The van der Waals surface area contributed by atoms with Gasteiger partial charge in [0.1, 0.15) is 5.52 Å². The van der Waals surface area contributed by atoms with Crippen molar-refractivity contribution in [3.05, 3.63) is 51.6 Å². The second-order valence-electron chi connectivity index (χ2n) is 6.54. The van der Waals surface area contributed by atoms with Crippen LogP contribution in [0.2, 0.25) is 0 Å². The number of piperazine rings is 1. The van der Waals surface area contributed by atoms with Crippen LogP contribution in [0.4, 0.5) is 0 Å². The summed E-state index contributed by atoms with van der Waals surface area (Å²) in [5.41, 5.74) is 4.13. The Labute approximate surface area is 162 Å². The molecule has 1 aliphatic heterocycles. The zero-order chi connectivity index (χ0) is 17.2. The highest BCUT2D eigenvalue weighted by Gasteiger charge is 2.16. The van der Waals surface area contributed by atoms with E-state index in [1.165, 1.54) is 22.2 Å². The summed E-state index contributed by atoms with van der Waals surface area (Å²) >= 11 is 2.31. The van der Waals surface area contributed by atoms with Crippen molar-refractivity contribution in [2.45, 2.75) is 13.5 Å². The Morgan fingerprint density at radius 2 is 1.84 bits per heavy atom. The van der Waals surface area contributed by atoms with Crippen LogP contribution in [0.5, 0.6) is 0 Å². The average molecular weight is 447 g/mol. The molecule has 1 saturated heterocycles. The summed E-state index contributed by atoms with van der Waals surface area (Å²) in [5, 5.41) is 0. The molecule has 1 aromatic heterocycles. The fourth-order valence-electron chi connectivity index (χ4n) is 3.34.